The normalized spacial score (nSPS) is 18.0. The molecular formula is C26H30N2O5S. The number of carbonyl (C=O) groups is 3. The van der Waals surface area contributed by atoms with Crippen molar-refractivity contribution < 1.29 is 24.2 Å². The van der Waals surface area contributed by atoms with E-state index in [0.29, 0.717) is 18.8 Å². The Kier molecular flexibility index (Phi) is 7.77. The monoisotopic (exact) mass is 482 g/mol. The van der Waals surface area contributed by atoms with Gasteiger partial charge >= 0.3 is 12.1 Å². The minimum absolute atomic E-state index is 0.000789. The van der Waals surface area contributed by atoms with Gasteiger partial charge in [0.15, 0.2) is 0 Å². The number of carboxylic acid groups (broad SMARTS) is 1. The summed E-state index contributed by atoms with van der Waals surface area (Å²) in [6.07, 6.45) is 0.505. The van der Waals surface area contributed by atoms with Gasteiger partial charge in [-0.1, -0.05) is 61.9 Å². The van der Waals surface area contributed by atoms with Gasteiger partial charge in [-0.25, -0.2) is 4.79 Å². The van der Waals surface area contributed by atoms with E-state index in [1.807, 2.05) is 31.2 Å². The summed E-state index contributed by atoms with van der Waals surface area (Å²) in [7, 11) is 0. The van der Waals surface area contributed by atoms with Gasteiger partial charge < -0.3 is 20.1 Å². The highest BCUT2D eigenvalue weighted by Crippen LogP contribution is 2.44. The van der Waals surface area contributed by atoms with E-state index < -0.39 is 17.3 Å². The predicted octanol–water partition coefficient (Wildman–Crippen LogP) is 3.97. The van der Waals surface area contributed by atoms with Crippen molar-refractivity contribution >= 4 is 29.7 Å². The Morgan fingerprint density at radius 1 is 1.12 bits per heavy atom. The largest absolute Gasteiger partial charge is 0.480 e. The lowest BCUT2D eigenvalue weighted by Crippen LogP contribution is -2.45. The van der Waals surface area contributed by atoms with Crippen molar-refractivity contribution in [1.82, 2.24) is 10.2 Å². The summed E-state index contributed by atoms with van der Waals surface area (Å²) in [6.45, 7) is 3.35. The number of carboxylic acids is 1. The molecule has 1 saturated heterocycles. The van der Waals surface area contributed by atoms with E-state index in [9.17, 15) is 19.5 Å². The molecule has 1 fully saturated rings. The van der Waals surface area contributed by atoms with Gasteiger partial charge in [-0.05, 0) is 28.2 Å². The van der Waals surface area contributed by atoms with Crippen molar-refractivity contribution in [2.24, 2.45) is 5.92 Å². The average Bonchev–Trinajstić information content (AvgIpc) is 3.18. The van der Waals surface area contributed by atoms with E-state index in [-0.39, 0.29) is 37.3 Å². The van der Waals surface area contributed by atoms with Crippen molar-refractivity contribution in [1.29, 1.82) is 0 Å². The molecule has 1 aliphatic carbocycles. The zero-order chi connectivity index (χ0) is 24.1. The second kappa shape index (κ2) is 11.0. The molecule has 0 radical (unpaired) electrons. The Labute approximate surface area is 203 Å². The minimum Gasteiger partial charge on any atom is -0.480 e. The van der Waals surface area contributed by atoms with Gasteiger partial charge in [-0.3, -0.25) is 9.59 Å². The van der Waals surface area contributed by atoms with Crippen molar-refractivity contribution in [2.45, 2.75) is 30.9 Å². The summed E-state index contributed by atoms with van der Waals surface area (Å²) >= 11 is 1.37. The maximum Gasteiger partial charge on any atom is 0.407 e. The molecule has 2 atom stereocenters. The Morgan fingerprint density at radius 2 is 1.76 bits per heavy atom. The van der Waals surface area contributed by atoms with Crippen molar-refractivity contribution in [3.63, 3.8) is 0 Å². The summed E-state index contributed by atoms with van der Waals surface area (Å²) in [6, 6.07) is 16.4. The molecule has 1 heterocycles. The number of thioether (sulfide) groups is 1. The number of ether oxygens (including phenoxy) is 1. The topological polar surface area (TPSA) is 95.9 Å². The highest BCUT2D eigenvalue weighted by molar-refractivity contribution is 8.00. The third kappa shape index (κ3) is 5.38. The minimum atomic E-state index is -0.883. The van der Waals surface area contributed by atoms with Crippen LogP contribution in [0.15, 0.2) is 48.5 Å². The Morgan fingerprint density at radius 3 is 2.38 bits per heavy atom. The number of hydrogen-bond donors (Lipinski definition) is 2. The molecular weight excluding hydrogens is 452 g/mol. The number of fused-ring (bicyclic) bond motifs is 3. The Bertz CT molecular complexity index is 1010. The lowest BCUT2D eigenvalue weighted by Gasteiger charge is -2.31. The molecule has 4 rings (SSSR count). The molecule has 1 aliphatic heterocycles. The highest BCUT2D eigenvalue weighted by Gasteiger charge is 2.30. The van der Waals surface area contributed by atoms with Gasteiger partial charge in [0.1, 0.15) is 11.9 Å². The van der Waals surface area contributed by atoms with Gasteiger partial charge in [0.2, 0.25) is 5.91 Å². The molecule has 2 aliphatic rings. The van der Waals surface area contributed by atoms with Gasteiger partial charge in [-0.2, -0.15) is 0 Å². The van der Waals surface area contributed by atoms with Crippen LogP contribution in [-0.2, 0) is 14.3 Å². The maximum absolute atomic E-state index is 12.7. The van der Waals surface area contributed by atoms with Crippen molar-refractivity contribution in [3.8, 4) is 11.1 Å². The summed E-state index contributed by atoms with van der Waals surface area (Å²) in [4.78, 5) is 38.0. The molecule has 0 bridgehead atoms. The number of benzene rings is 2. The first kappa shape index (κ1) is 24.1. The lowest BCUT2D eigenvalue weighted by molar-refractivity contribution is -0.138. The lowest BCUT2D eigenvalue weighted by atomic mass is 9.98. The molecule has 0 spiro atoms. The fourth-order valence-corrected chi connectivity index (χ4v) is 5.68. The number of amides is 2. The standard InChI is InChI=1S/C26H30N2O5S/c1-2-17(13-24(29)28-11-12-34-23(15-28)25(30)31)14-27-26(32)33-16-22-20-9-5-3-7-18(20)19-8-4-6-10-21(19)22/h3-10,17,22-23H,2,11-16H2,1H3,(H,27,32)(H,30,31). The zero-order valence-corrected chi connectivity index (χ0v) is 20.1. The number of carbonyl (C=O) groups excluding carboxylic acids is 2. The van der Waals surface area contributed by atoms with E-state index in [0.717, 1.165) is 17.5 Å². The second-order valence-electron chi connectivity index (χ2n) is 8.72. The van der Waals surface area contributed by atoms with Crippen LogP contribution in [-0.4, -0.2) is 65.2 Å². The average molecular weight is 483 g/mol. The maximum atomic E-state index is 12.7. The molecule has 7 nitrogen and oxygen atoms in total. The van der Waals surface area contributed by atoms with E-state index in [4.69, 9.17) is 4.74 Å². The van der Waals surface area contributed by atoms with Crippen LogP contribution >= 0.6 is 11.8 Å². The molecule has 8 heteroatoms. The van der Waals surface area contributed by atoms with Crippen LogP contribution in [0.25, 0.3) is 11.1 Å². The molecule has 0 saturated carbocycles. The molecule has 34 heavy (non-hydrogen) atoms. The number of hydrogen-bond acceptors (Lipinski definition) is 5. The molecule has 180 valence electrons. The Hall–Kier alpha value is -3.00. The van der Waals surface area contributed by atoms with E-state index in [1.54, 1.807) is 4.90 Å². The molecule has 2 unspecified atom stereocenters. The molecule has 2 N–H and O–H groups in total. The Balaban J connectivity index is 1.27. The second-order valence-corrected chi connectivity index (χ2v) is 10.0. The third-order valence-corrected chi connectivity index (χ3v) is 7.79. The predicted molar refractivity (Wildman–Crippen MR) is 132 cm³/mol. The van der Waals surface area contributed by atoms with Crippen LogP contribution in [0.5, 0.6) is 0 Å². The molecule has 0 aromatic heterocycles. The summed E-state index contributed by atoms with van der Waals surface area (Å²) in [5.74, 6) is -0.358. The van der Waals surface area contributed by atoms with Gasteiger partial charge in [0.05, 0.1) is 0 Å². The molecule has 2 amide bonds. The first-order valence-corrected chi connectivity index (χ1v) is 12.7. The number of nitrogens with one attached hydrogen (secondary N) is 1. The van der Waals surface area contributed by atoms with E-state index >= 15 is 0 Å². The van der Waals surface area contributed by atoms with Crippen LogP contribution in [0.3, 0.4) is 0 Å². The number of nitrogens with zero attached hydrogens (tertiary/aromatic N) is 1. The van der Waals surface area contributed by atoms with Crippen LogP contribution in [0.1, 0.15) is 36.8 Å². The fourth-order valence-electron chi connectivity index (χ4n) is 4.64. The van der Waals surface area contributed by atoms with Gasteiger partial charge in [-0.15, -0.1) is 11.8 Å². The van der Waals surface area contributed by atoms with Gasteiger partial charge in [0, 0.05) is 37.7 Å². The SMILES string of the molecule is CCC(CNC(=O)OCC1c2ccccc2-c2ccccc21)CC(=O)N1CCSC(C(=O)O)C1. The highest BCUT2D eigenvalue weighted by atomic mass is 32.2. The summed E-state index contributed by atoms with van der Waals surface area (Å²) in [5.41, 5.74) is 4.68. The summed E-state index contributed by atoms with van der Waals surface area (Å²) in [5, 5.41) is 11.5. The number of rotatable bonds is 8. The van der Waals surface area contributed by atoms with Crippen LogP contribution in [0.2, 0.25) is 0 Å². The number of alkyl carbamates (subject to hydrolysis) is 1. The van der Waals surface area contributed by atoms with Crippen LogP contribution in [0, 0.1) is 5.92 Å². The van der Waals surface area contributed by atoms with E-state index in [2.05, 4.69) is 29.6 Å². The first-order valence-electron chi connectivity index (χ1n) is 11.7. The quantitative estimate of drug-likeness (QED) is 0.591. The molecule has 2 aromatic carbocycles. The zero-order valence-electron chi connectivity index (χ0n) is 19.2. The first-order chi connectivity index (χ1) is 16.5. The van der Waals surface area contributed by atoms with Crippen molar-refractivity contribution in [2.75, 3.05) is 32.0 Å². The smallest absolute Gasteiger partial charge is 0.407 e. The third-order valence-electron chi connectivity index (χ3n) is 6.61. The van der Waals surface area contributed by atoms with Crippen molar-refractivity contribution in [3.05, 3.63) is 59.7 Å². The molecule has 2 aromatic rings. The number of aliphatic carboxylic acids is 1. The van der Waals surface area contributed by atoms with E-state index in [1.165, 1.54) is 22.9 Å². The fraction of sp³-hybridized carbons (Fsp3) is 0.423. The summed E-state index contributed by atoms with van der Waals surface area (Å²) < 4.78 is 5.58. The van der Waals surface area contributed by atoms with Crippen LogP contribution < -0.4 is 5.32 Å². The van der Waals surface area contributed by atoms with Gasteiger partial charge in [0.25, 0.3) is 0 Å². The van der Waals surface area contributed by atoms with Crippen LogP contribution in [0.4, 0.5) is 4.79 Å².